The SMILES string of the molecule is C.C.Cc1ccc2c(Cn3c(=O)ccn([C@@H]4O[C@H](CO)[C@H](O)C4O)c3=O)noc2c1.Cc1ccc2onc(Cn3c(=O)ccn([C@@H]4O[C@H](CO)[C@H](O)C4O)c3=O)c2c1.Cc1cccc2c(Cn3c(=O)ccn([C@@H]4O[C@H](CO)[C@H](O)C4O)c3=O)noc12.Cc1cccc2onc(Cn3c(=O)ccn([C@@H]4O[C@H](CO)[C@H](O)C4O)c3=O)c12.O=c1ccn([C@@H]2O[C@H](CO)[C@H](O)C2O)c(=O)n1Cc1noc2c(F)cccc12. The summed E-state index contributed by atoms with van der Waals surface area (Å²) in [4.78, 5) is 126. The molecule has 15 heterocycles. The molecule has 0 aliphatic carbocycles. The van der Waals surface area contributed by atoms with E-state index >= 15 is 0 Å². The zero-order valence-electron chi connectivity index (χ0n) is 74.0. The quantitative estimate of drug-likeness (QED) is 0.0355. The molecule has 5 aliphatic rings. The van der Waals surface area contributed by atoms with Gasteiger partial charge >= 0.3 is 28.4 Å². The third-order valence-corrected chi connectivity index (χ3v) is 24.4. The molecule has 5 unspecified atom stereocenters. The molecule has 5 fully saturated rings. The molecule has 0 bridgehead atoms. The summed E-state index contributed by atoms with van der Waals surface area (Å²) in [6.07, 6.45) is -19.6. The van der Waals surface area contributed by atoms with E-state index in [1.54, 1.807) is 36.4 Å². The Labute approximate surface area is 794 Å². The number of aliphatic hydroxyl groups excluding tert-OH is 15. The topological polar surface area (TPSA) is 700 Å². The summed E-state index contributed by atoms with van der Waals surface area (Å²) in [7, 11) is 0. The average molecular weight is 1980 g/mol. The van der Waals surface area contributed by atoms with E-state index in [2.05, 4.69) is 25.8 Å². The number of para-hydroxylation sites is 2. The normalized spacial score (nSPS) is 24.5. The molecule has 5 aromatic carbocycles. The van der Waals surface area contributed by atoms with Crippen molar-refractivity contribution in [2.45, 2.75) is 198 Å². The number of fused-ring (bicyclic) bond motifs is 5. The molecule has 0 radical (unpaired) electrons. The molecule has 0 amide bonds. The van der Waals surface area contributed by atoms with E-state index in [-0.39, 0.29) is 58.9 Å². The van der Waals surface area contributed by atoms with Crippen LogP contribution in [0.1, 0.15) is 96.7 Å². The summed E-state index contributed by atoms with van der Waals surface area (Å²) in [5.41, 5.74) is 0.963. The predicted octanol–water partition coefficient (Wildman–Crippen LogP) is -3.30. The van der Waals surface area contributed by atoms with Crippen LogP contribution in [0.2, 0.25) is 0 Å². The van der Waals surface area contributed by atoms with E-state index in [0.29, 0.717) is 66.7 Å². The summed E-state index contributed by atoms with van der Waals surface area (Å²) in [6.45, 7) is 4.06. The van der Waals surface area contributed by atoms with Crippen molar-refractivity contribution in [3.05, 3.63) is 313 Å². The Morgan fingerprint density at radius 1 is 0.289 bits per heavy atom. The van der Waals surface area contributed by atoms with Crippen LogP contribution in [0.25, 0.3) is 54.8 Å². The number of hydrogen-bond donors (Lipinski definition) is 15. The molecule has 51 heteroatoms. The van der Waals surface area contributed by atoms with Gasteiger partial charge in [-0.3, -0.25) is 69.6 Å². The van der Waals surface area contributed by atoms with Crippen LogP contribution >= 0.6 is 0 Å². The highest BCUT2D eigenvalue weighted by molar-refractivity contribution is 5.84. The summed E-state index contributed by atoms with van der Waals surface area (Å²) in [6, 6.07) is 31.7. The van der Waals surface area contributed by atoms with Gasteiger partial charge in [0.1, 0.15) is 120 Å². The minimum atomic E-state index is -1.48. The maximum Gasteiger partial charge on any atom is 0.333 e. The van der Waals surface area contributed by atoms with E-state index in [9.17, 15) is 129 Å². The van der Waals surface area contributed by atoms with E-state index < -0.39 is 218 Å². The largest absolute Gasteiger partial charge is 0.394 e. The van der Waals surface area contributed by atoms with Gasteiger partial charge in [0.05, 0.1) is 65.8 Å². The number of nitrogens with zero attached hydrogens (tertiary/aromatic N) is 15. The second kappa shape index (κ2) is 43.2. The van der Waals surface area contributed by atoms with Gasteiger partial charge in [0.25, 0.3) is 27.8 Å². The van der Waals surface area contributed by atoms with Crippen molar-refractivity contribution < 1.29 is 127 Å². The number of rotatable bonds is 20. The van der Waals surface area contributed by atoms with E-state index in [1.807, 2.05) is 70.2 Å². The van der Waals surface area contributed by atoms with Crippen molar-refractivity contribution in [1.29, 1.82) is 0 Å². The Bertz CT molecular complexity index is 7430. The van der Waals surface area contributed by atoms with Crippen LogP contribution in [0, 0.1) is 33.5 Å². The smallest absolute Gasteiger partial charge is 0.333 e. The Hall–Kier alpha value is -14.0. The molecule has 5 saturated heterocycles. The van der Waals surface area contributed by atoms with E-state index in [1.165, 1.54) is 36.9 Å². The Balaban J connectivity index is 0.000000140. The van der Waals surface area contributed by atoms with Gasteiger partial charge < -0.3 is 123 Å². The predicted molar refractivity (Wildman–Crippen MR) is 488 cm³/mol. The minimum absolute atomic E-state index is 0. The highest BCUT2D eigenvalue weighted by Gasteiger charge is 2.49. The molecule has 20 rings (SSSR count). The van der Waals surface area contributed by atoms with Gasteiger partial charge in [-0.15, -0.1) is 0 Å². The highest BCUT2D eigenvalue weighted by Crippen LogP contribution is 2.35. The molecule has 0 saturated carbocycles. The first-order valence-corrected chi connectivity index (χ1v) is 43.2. The molecule has 10 aromatic heterocycles. The fourth-order valence-corrected chi connectivity index (χ4v) is 16.8. The number of hydrogen-bond acceptors (Lipinski definition) is 40. The van der Waals surface area contributed by atoms with Crippen LogP contribution in [-0.2, 0) is 56.4 Å². The maximum atomic E-state index is 13.8. The van der Waals surface area contributed by atoms with Crippen molar-refractivity contribution in [2.75, 3.05) is 33.0 Å². The molecule has 20 atom stereocenters. The second-order valence-electron chi connectivity index (χ2n) is 33.5. The lowest BCUT2D eigenvalue weighted by Gasteiger charge is -2.18. The van der Waals surface area contributed by atoms with Crippen LogP contribution in [0.4, 0.5) is 4.39 Å². The van der Waals surface area contributed by atoms with Crippen LogP contribution in [0.3, 0.4) is 0 Å². The highest BCUT2D eigenvalue weighted by atomic mass is 19.1. The summed E-state index contributed by atoms with van der Waals surface area (Å²) < 4.78 is 76.2. The number of benzene rings is 5. The monoisotopic (exact) mass is 1980 g/mol. The van der Waals surface area contributed by atoms with Gasteiger partial charge in [-0.05, 0) is 92.9 Å². The fourth-order valence-electron chi connectivity index (χ4n) is 16.8. The lowest BCUT2D eigenvalue weighted by molar-refractivity contribution is -0.0555. The lowest BCUT2D eigenvalue weighted by Crippen LogP contribution is -2.43. The first-order valence-electron chi connectivity index (χ1n) is 43.2. The molecular formula is C91H100FN15O35. The maximum absolute atomic E-state index is 13.8. The Morgan fingerprint density at radius 2 is 0.577 bits per heavy atom. The van der Waals surface area contributed by atoms with Crippen molar-refractivity contribution >= 4 is 54.8 Å². The van der Waals surface area contributed by atoms with Gasteiger partial charge in [0, 0.05) is 88.2 Å². The first kappa shape index (κ1) is 104. The minimum Gasteiger partial charge on any atom is -0.394 e. The number of halogens is 1. The van der Waals surface area contributed by atoms with Gasteiger partial charge in [-0.2, -0.15) is 0 Å². The lowest BCUT2D eigenvalue weighted by atomic mass is 10.1. The first-order chi connectivity index (χ1) is 67.1. The molecule has 15 aromatic rings. The average Bonchev–Trinajstić information content (AvgIpc) is 1.61. The fraction of sp³-hybridized carbons (Fsp3) is 0.396. The standard InChI is InChI=1S/4C18H19N3O7.C17H16FN3O7.2CH4/c1-9-2-3-12-10(6-9)11(19-28-12)7-21-14(23)4-5-20(18(21)26)17-16(25)15(24)13(8-22)27-17;1-9-2-3-10-11(19-28-12(10)6-9)7-21-14(23)4-5-20(18(21)26)17-16(25)15(24)13(8-22)27-17;1-9-3-2-4-11-14(9)10(19-28-11)7-21-13(23)5-6-20(18(21)26)17-16(25)15(24)12(8-22)27-17;1-9-3-2-4-10-11(19-28-16(9)10)7-21-13(23)5-6-20(18(21)26)17-15(25)14(24)12(8-22)27-17;18-9-3-1-2-8-10(19-28-15(8)9)6-21-12(23)4-5-20(17(21)26)16-14(25)13(24)11(7-22)27-16;;/h2*2-6,13,15-17,22,24-25H,7-8H2,1H3;2-6,12,15-17,22,24-25H,7-8H2,1H3;2-6,12,14-15,17,22,24-25H,7-8H2,1H3;1-5,11,13-14,16,22,24-25H,6-7H2;2*1H4/t2*13-,15+,16?,17-;12-,15+,16?,17-;12-,14+,15?,17-;11-,13+,14?,16-;;/m11111../s1. The van der Waals surface area contributed by atoms with Gasteiger partial charge in [-0.1, -0.05) is 88.7 Å². The third kappa shape index (κ3) is 20.0. The van der Waals surface area contributed by atoms with Crippen molar-refractivity contribution in [3.8, 4) is 0 Å². The van der Waals surface area contributed by atoms with Crippen LogP contribution in [-0.4, -0.2) is 273 Å². The summed E-state index contributed by atoms with van der Waals surface area (Å²) in [5, 5.41) is 169. The third-order valence-electron chi connectivity index (χ3n) is 24.4. The van der Waals surface area contributed by atoms with Crippen LogP contribution in [0.15, 0.2) is 223 Å². The summed E-state index contributed by atoms with van der Waals surface area (Å²) in [5.74, 6) is -0.624. The van der Waals surface area contributed by atoms with Gasteiger partial charge in [-0.25, -0.2) is 28.4 Å². The summed E-state index contributed by atoms with van der Waals surface area (Å²) >= 11 is 0. The molecule has 15 N–H and O–H groups in total. The molecule has 756 valence electrons. The number of aliphatic hydroxyl groups is 15. The Morgan fingerprint density at radius 3 is 0.951 bits per heavy atom. The molecule has 50 nitrogen and oxygen atoms in total. The number of aromatic nitrogens is 15. The Kier molecular flexibility index (Phi) is 31.6. The number of aryl methyl sites for hydroxylation is 4. The molecular weight excluding hydrogens is 1880 g/mol. The molecule has 142 heavy (non-hydrogen) atoms. The van der Waals surface area contributed by atoms with Crippen molar-refractivity contribution in [3.63, 3.8) is 0 Å². The molecule has 5 aliphatic heterocycles. The van der Waals surface area contributed by atoms with E-state index in [4.69, 9.17) is 46.3 Å². The van der Waals surface area contributed by atoms with Crippen molar-refractivity contribution in [2.24, 2.45) is 0 Å². The zero-order valence-corrected chi connectivity index (χ0v) is 74.0. The number of ether oxygens (including phenoxy) is 5. The van der Waals surface area contributed by atoms with E-state index in [0.717, 1.165) is 110 Å². The zero-order chi connectivity index (χ0) is 100.0. The second-order valence-corrected chi connectivity index (χ2v) is 33.5. The van der Waals surface area contributed by atoms with Crippen molar-refractivity contribution in [1.82, 2.24) is 71.5 Å². The molecule has 0 spiro atoms. The van der Waals surface area contributed by atoms with Crippen LogP contribution < -0.4 is 56.2 Å². The van der Waals surface area contributed by atoms with Gasteiger partial charge in [0.15, 0.2) is 59.3 Å². The van der Waals surface area contributed by atoms with Gasteiger partial charge in [0.2, 0.25) is 5.58 Å². The van der Waals surface area contributed by atoms with Crippen LogP contribution in [0.5, 0.6) is 0 Å².